The van der Waals surface area contributed by atoms with E-state index in [-0.39, 0.29) is 48.4 Å². The summed E-state index contributed by atoms with van der Waals surface area (Å²) < 4.78 is 5.60. The number of fused-ring (bicyclic) bond motifs is 1. The Morgan fingerprint density at radius 1 is 1.00 bits per heavy atom. The first-order chi connectivity index (χ1) is 16.7. The first kappa shape index (κ1) is 23.0. The molecule has 7 nitrogen and oxygen atoms in total. The third-order valence-corrected chi connectivity index (χ3v) is 7.30. The standard InChI is InChI=1S/C28H28N2O5/c1-16-7-9-20(10-8-16)29-15-19(14-24(29)31)28(34)35-21-11-12-23(18(3)13-21)30-26(32)22-6-4-5-17(2)25(22)27(30)33/h4-5,7-13,17,19,22,25H,6,14-15H2,1-3H3/t17-,19-,22-,25+/m0/s1. The maximum Gasteiger partial charge on any atom is 0.316 e. The largest absolute Gasteiger partial charge is 0.426 e. The summed E-state index contributed by atoms with van der Waals surface area (Å²) in [5, 5.41) is 0. The average Bonchev–Trinajstić information content (AvgIpc) is 3.33. The molecule has 0 N–H and O–H groups in total. The summed E-state index contributed by atoms with van der Waals surface area (Å²) >= 11 is 0. The van der Waals surface area contributed by atoms with E-state index in [1.807, 2.05) is 50.3 Å². The summed E-state index contributed by atoms with van der Waals surface area (Å²) in [6.45, 7) is 5.99. The Bertz CT molecular complexity index is 1250. The lowest BCUT2D eigenvalue weighted by Crippen LogP contribution is -2.32. The van der Waals surface area contributed by atoms with Gasteiger partial charge in [0.25, 0.3) is 0 Å². The van der Waals surface area contributed by atoms with Crippen LogP contribution in [-0.2, 0) is 19.2 Å². The first-order valence-corrected chi connectivity index (χ1v) is 12.0. The molecule has 0 bridgehead atoms. The molecule has 180 valence electrons. The number of nitrogens with zero attached hydrogens (tertiary/aromatic N) is 2. The molecule has 2 saturated heterocycles. The summed E-state index contributed by atoms with van der Waals surface area (Å²) in [5.74, 6) is -1.82. The van der Waals surface area contributed by atoms with Crippen molar-refractivity contribution in [1.82, 2.24) is 0 Å². The number of rotatable bonds is 4. The van der Waals surface area contributed by atoms with E-state index in [1.165, 1.54) is 4.90 Å². The van der Waals surface area contributed by atoms with Crippen LogP contribution in [0.4, 0.5) is 11.4 Å². The van der Waals surface area contributed by atoms with Crippen LogP contribution in [0.3, 0.4) is 0 Å². The SMILES string of the molecule is Cc1ccc(N2C[C@@H](C(=O)Oc3ccc(N4C(=O)[C@H]5[C@H](CC=C[C@@H]5C)C4=O)c(C)c3)CC2=O)cc1. The second-order valence-corrected chi connectivity index (χ2v) is 9.78. The molecule has 1 aliphatic carbocycles. The highest BCUT2D eigenvalue weighted by Crippen LogP contribution is 2.41. The van der Waals surface area contributed by atoms with Crippen LogP contribution in [0.25, 0.3) is 0 Å². The monoisotopic (exact) mass is 472 g/mol. The Balaban J connectivity index is 1.28. The van der Waals surface area contributed by atoms with Crippen LogP contribution in [0.1, 0.15) is 30.9 Å². The van der Waals surface area contributed by atoms with Gasteiger partial charge in [-0.3, -0.25) is 19.2 Å². The minimum atomic E-state index is -0.567. The maximum atomic E-state index is 13.1. The van der Waals surface area contributed by atoms with Gasteiger partial charge < -0.3 is 9.64 Å². The Morgan fingerprint density at radius 3 is 2.43 bits per heavy atom. The quantitative estimate of drug-likeness (QED) is 0.291. The summed E-state index contributed by atoms with van der Waals surface area (Å²) in [6, 6.07) is 12.5. The number of aryl methyl sites for hydroxylation is 2. The molecule has 0 aromatic heterocycles. The van der Waals surface area contributed by atoms with Crippen LogP contribution in [0.2, 0.25) is 0 Å². The number of carbonyl (C=O) groups excluding carboxylic acids is 4. The highest BCUT2D eigenvalue weighted by Gasteiger charge is 2.50. The molecule has 0 radical (unpaired) electrons. The molecule has 4 atom stereocenters. The Morgan fingerprint density at radius 2 is 1.74 bits per heavy atom. The van der Waals surface area contributed by atoms with E-state index in [2.05, 4.69) is 0 Å². The second-order valence-electron chi connectivity index (χ2n) is 9.78. The fraction of sp³-hybridized carbons (Fsp3) is 0.357. The van der Waals surface area contributed by atoms with Crippen LogP contribution in [0.5, 0.6) is 5.75 Å². The third-order valence-electron chi connectivity index (χ3n) is 7.30. The number of hydrogen-bond acceptors (Lipinski definition) is 5. The lowest BCUT2D eigenvalue weighted by atomic mass is 9.78. The molecule has 2 aromatic carbocycles. The highest BCUT2D eigenvalue weighted by atomic mass is 16.5. The van der Waals surface area contributed by atoms with Gasteiger partial charge in [0.2, 0.25) is 17.7 Å². The molecule has 2 aliphatic heterocycles. The Hall–Kier alpha value is -3.74. The fourth-order valence-electron chi connectivity index (χ4n) is 5.37. The van der Waals surface area contributed by atoms with Gasteiger partial charge in [0, 0.05) is 18.7 Å². The number of ether oxygens (including phenoxy) is 1. The van der Waals surface area contributed by atoms with Crippen molar-refractivity contribution < 1.29 is 23.9 Å². The molecule has 2 aromatic rings. The van der Waals surface area contributed by atoms with E-state index >= 15 is 0 Å². The van der Waals surface area contributed by atoms with Crippen molar-refractivity contribution in [3.8, 4) is 5.75 Å². The van der Waals surface area contributed by atoms with Crippen molar-refractivity contribution in [2.75, 3.05) is 16.3 Å². The number of esters is 1. The molecule has 3 aliphatic rings. The normalized spacial score (nSPS) is 25.9. The number of benzene rings is 2. The van der Waals surface area contributed by atoms with Gasteiger partial charge in [0.1, 0.15) is 5.75 Å². The summed E-state index contributed by atoms with van der Waals surface area (Å²) in [6.07, 6.45) is 4.64. The van der Waals surface area contributed by atoms with E-state index in [4.69, 9.17) is 4.74 Å². The van der Waals surface area contributed by atoms with Gasteiger partial charge in [-0.15, -0.1) is 0 Å². The molecule has 3 amide bonds. The van der Waals surface area contributed by atoms with Crippen LogP contribution < -0.4 is 14.5 Å². The summed E-state index contributed by atoms with van der Waals surface area (Å²) in [5.41, 5.74) is 3.04. The minimum Gasteiger partial charge on any atom is -0.426 e. The van der Waals surface area contributed by atoms with Crippen molar-refractivity contribution in [2.24, 2.45) is 23.7 Å². The molecule has 5 rings (SSSR count). The number of amides is 3. The molecule has 35 heavy (non-hydrogen) atoms. The molecule has 7 heteroatoms. The molecule has 0 saturated carbocycles. The predicted octanol–water partition coefficient (Wildman–Crippen LogP) is 3.96. The van der Waals surface area contributed by atoms with Crippen molar-refractivity contribution >= 4 is 35.1 Å². The van der Waals surface area contributed by atoms with Gasteiger partial charge in [-0.05, 0) is 62.1 Å². The molecule has 0 spiro atoms. The smallest absolute Gasteiger partial charge is 0.316 e. The van der Waals surface area contributed by atoms with Crippen molar-refractivity contribution in [3.63, 3.8) is 0 Å². The Labute approximate surface area is 204 Å². The van der Waals surface area contributed by atoms with E-state index in [0.717, 1.165) is 11.3 Å². The maximum absolute atomic E-state index is 13.1. The zero-order chi connectivity index (χ0) is 24.9. The molecule has 2 fully saturated rings. The number of carbonyl (C=O) groups is 4. The van der Waals surface area contributed by atoms with Gasteiger partial charge in [-0.25, -0.2) is 4.90 Å². The van der Waals surface area contributed by atoms with Crippen LogP contribution in [0, 0.1) is 37.5 Å². The molecule has 2 heterocycles. The first-order valence-electron chi connectivity index (χ1n) is 12.0. The second kappa shape index (κ2) is 8.80. The third kappa shape index (κ3) is 4.05. The average molecular weight is 473 g/mol. The summed E-state index contributed by atoms with van der Waals surface area (Å²) in [7, 11) is 0. The van der Waals surface area contributed by atoms with Crippen LogP contribution >= 0.6 is 0 Å². The van der Waals surface area contributed by atoms with E-state index in [1.54, 1.807) is 30.0 Å². The van der Waals surface area contributed by atoms with E-state index in [9.17, 15) is 19.2 Å². The zero-order valence-electron chi connectivity index (χ0n) is 20.1. The summed E-state index contributed by atoms with van der Waals surface area (Å²) in [4.78, 5) is 54.4. The lowest BCUT2D eigenvalue weighted by molar-refractivity contribution is -0.139. The minimum absolute atomic E-state index is 0.0179. The number of hydrogen-bond donors (Lipinski definition) is 0. The molecular formula is C28H28N2O5. The fourth-order valence-corrected chi connectivity index (χ4v) is 5.37. The van der Waals surface area contributed by atoms with Gasteiger partial charge in [-0.1, -0.05) is 36.8 Å². The van der Waals surface area contributed by atoms with Gasteiger partial charge in [0.05, 0.1) is 23.4 Å². The van der Waals surface area contributed by atoms with Crippen molar-refractivity contribution in [1.29, 1.82) is 0 Å². The molecule has 0 unspecified atom stereocenters. The Kier molecular flexibility index (Phi) is 5.79. The highest BCUT2D eigenvalue weighted by molar-refractivity contribution is 6.22. The number of anilines is 2. The lowest BCUT2D eigenvalue weighted by Gasteiger charge is -2.22. The van der Waals surface area contributed by atoms with Gasteiger partial charge in [0.15, 0.2) is 0 Å². The van der Waals surface area contributed by atoms with Crippen LogP contribution in [0.15, 0.2) is 54.6 Å². The zero-order valence-corrected chi connectivity index (χ0v) is 20.1. The van der Waals surface area contributed by atoms with Crippen molar-refractivity contribution in [2.45, 2.75) is 33.6 Å². The number of imide groups is 1. The topological polar surface area (TPSA) is 84.0 Å². The van der Waals surface area contributed by atoms with Crippen LogP contribution in [-0.4, -0.2) is 30.2 Å². The van der Waals surface area contributed by atoms with E-state index in [0.29, 0.717) is 23.4 Å². The van der Waals surface area contributed by atoms with Gasteiger partial charge >= 0.3 is 5.97 Å². The van der Waals surface area contributed by atoms with E-state index < -0.39 is 11.9 Å². The van der Waals surface area contributed by atoms with Gasteiger partial charge in [-0.2, -0.15) is 0 Å². The number of allylic oxidation sites excluding steroid dienone is 2. The predicted molar refractivity (Wildman–Crippen MR) is 131 cm³/mol. The molecular weight excluding hydrogens is 444 g/mol. The van der Waals surface area contributed by atoms with Crippen molar-refractivity contribution in [3.05, 3.63) is 65.7 Å².